The minimum atomic E-state index is -0.285. The first kappa shape index (κ1) is 13.9. The van der Waals surface area contributed by atoms with Gasteiger partial charge in [-0.15, -0.1) is 11.3 Å². The molecule has 1 unspecified atom stereocenters. The minimum Gasteiger partial charge on any atom is -0.485 e. The summed E-state index contributed by atoms with van der Waals surface area (Å²) < 4.78 is 16.6. The highest BCUT2D eigenvalue weighted by Gasteiger charge is 2.24. The number of ether oxygens (including phenoxy) is 3. The predicted molar refractivity (Wildman–Crippen MR) is 80.0 cm³/mol. The van der Waals surface area contributed by atoms with Crippen LogP contribution in [-0.2, 0) is 9.53 Å². The molecular weight excluding hydrogens is 288 g/mol. The fraction of sp³-hybridized carbons (Fsp3) is 0.312. The maximum absolute atomic E-state index is 12.1. The minimum absolute atomic E-state index is 0.200. The molecule has 2 heterocycles. The maximum atomic E-state index is 12.1. The number of hydrogen-bond donors (Lipinski definition) is 0. The molecule has 2 aromatic rings. The Morgan fingerprint density at radius 1 is 1.33 bits per heavy atom. The van der Waals surface area contributed by atoms with Crippen molar-refractivity contribution in [3.63, 3.8) is 0 Å². The molecule has 0 bridgehead atoms. The molecule has 0 fully saturated rings. The summed E-state index contributed by atoms with van der Waals surface area (Å²) >= 11 is 1.53. The van der Waals surface area contributed by atoms with Crippen LogP contribution in [0.3, 0.4) is 0 Å². The zero-order valence-electron chi connectivity index (χ0n) is 11.7. The Hall–Kier alpha value is -2.01. The number of hydrogen-bond acceptors (Lipinski definition) is 5. The van der Waals surface area contributed by atoms with Crippen LogP contribution in [0, 0.1) is 0 Å². The Balaban J connectivity index is 1.53. The number of carbonyl (C=O) groups excluding carboxylic acids is 1. The van der Waals surface area contributed by atoms with E-state index in [1.807, 2.05) is 48.0 Å². The summed E-state index contributed by atoms with van der Waals surface area (Å²) in [5, 5.41) is 3.78. The van der Waals surface area contributed by atoms with Gasteiger partial charge in [0.1, 0.15) is 13.2 Å². The van der Waals surface area contributed by atoms with E-state index in [2.05, 4.69) is 0 Å². The van der Waals surface area contributed by atoms with Crippen LogP contribution in [0.5, 0.6) is 11.5 Å². The molecule has 0 radical (unpaired) electrons. The third-order valence-corrected chi connectivity index (χ3v) is 4.08. The number of esters is 1. The molecule has 1 aromatic heterocycles. The molecule has 4 nitrogen and oxygen atoms in total. The Kier molecular flexibility index (Phi) is 4.10. The Morgan fingerprint density at radius 3 is 2.90 bits per heavy atom. The zero-order chi connectivity index (χ0) is 14.7. The third-order valence-electron chi connectivity index (χ3n) is 3.38. The van der Waals surface area contributed by atoms with Crippen LogP contribution in [0.2, 0.25) is 0 Å². The largest absolute Gasteiger partial charge is 0.485 e. The van der Waals surface area contributed by atoms with E-state index >= 15 is 0 Å². The average molecular weight is 304 g/mol. The molecule has 1 aromatic carbocycles. The summed E-state index contributed by atoms with van der Waals surface area (Å²) in [5.41, 5.74) is 0.948. The topological polar surface area (TPSA) is 44.8 Å². The van der Waals surface area contributed by atoms with Crippen molar-refractivity contribution in [2.45, 2.75) is 18.9 Å². The summed E-state index contributed by atoms with van der Waals surface area (Å²) in [6, 6.07) is 9.59. The highest BCUT2D eigenvalue weighted by Crippen LogP contribution is 2.35. The molecule has 3 rings (SSSR count). The maximum Gasteiger partial charge on any atom is 0.313 e. The summed E-state index contributed by atoms with van der Waals surface area (Å²) in [7, 11) is 0. The highest BCUT2D eigenvalue weighted by atomic mass is 32.1. The van der Waals surface area contributed by atoms with Crippen LogP contribution in [0.4, 0.5) is 0 Å². The molecule has 21 heavy (non-hydrogen) atoms. The van der Waals surface area contributed by atoms with E-state index in [4.69, 9.17) is 14.2 Å². The number of rotatable bonds is 4. The first-order chi connectivity index (χ1) is 10.2. The van der Waals surface area contributed by atoms with Crippen molar-refractivity contribution >= 4 is 17.3 Å². The van der Waals surface area contributed by atoms with E-state index in [1.54, 1.807) is 0 Å². The lowest BCUT2D eigenvalue weighted by atomic mass is 10.0. The third kappa shape index (κ3) is 3.19. The van der Waals surface area contributed by atoms with Gasteiger partial charge in [-0.25, -0.2) is 0 Å². The summed E-state index contributed by atoms with van der Waals surface area (Å²) in [6.45, 7) is 2.44. The van der Waals surface area contributed by atoms with Crippen LogP contribution in [0.25, 0.3) is 0 Å². The van der Waals surface area contributed by atoms with Gasteiger partial charge >= 0.3 is 5.97 Å². The molecule has 0 saturated heterocycles. The van der Waals surface area contributed by atoms with Crippen LogP contribution >= 0.6 is 11.3 Å². The monoisotopic (exact) mass is 304 g/mol. The zero-order valence-corrected chi connectivity index (χ0v) is 12.5. The first-order valence-electron chi connectivity index (χ1n) is 6.81. The van der Waals surface area contributed by atoms with Gasteiger partial charge in [0.25, 0.3) is 0 Å². The lowest BCUT2D eigenvalue weighted by Gasteiger charge is -2.24. The second-order valence-corrected chi connectivity index (χ2v) is 5.66. The molecule has 1 aliphatic rings. The predicted octanol–water partition coefficient (Wildman–Crippen LogP) is 3.23. The molecule has 0 saturated carbocycles. The molecule has 2 atom stereocenters. The lowest BCUT2D eigenvalue weighted by Crippen LogP contribution is -2.34. The van der Waals surface area contributed by atoms with Crippen molar-refractivity contribution in [3.8, 4) is 11.5 Å². The van der Waals surface area contributed by atoms with Gasteiger partial charge in [-0.3, -0.25) is 4.79 Å². The fourth-order valence-electron chi connectivity index (χ4n) is 2.12. The van der Waals surface area contributed by atoms with Crippen LogP contribution in [-0.4, -0.2) is 25.3 Å². The standard InChI is InChI=1S/C16H16O4S/c1-11(12-5-3-2-4-6-12)16(17)19-8-13-7-18-14-9-21-10-15(14)20-13/h2-6,9-11,13H,7-8H2,1H3/t11-,13?/m1/s1. The Morgan fingerprint density at radius 2 is 2.10 bits per heavy atom. The average Bonchev–Trinajstić information content (AvgIpc) is 3.00. The lowest BCUT2D eigenvalue weighted by molar-refractivity contribution is -0.148. The van der Waals surface area contributed by atoms with Gasteiger partial charge < -0.3 is 14.2 Å². The smallest absolute Gasteiger partial charge is 0.313 e. The summed E-state index contributed by atoms with van der Waals surface area (Å²) in [5.74, 6) is 0.956. The van der Waals surface area contributed by atoms with Gasteiger partial charge in [0.2, 0.25) is 0 Å². The quantitative estimate of drug-likeness (QED) is 0.814. The van der Waals surface area contributed by atoms with Crippen molar-refractivity contribution in [2.24, 2.45) is 0 Å². The van der Waals surface area contributed by atoms with Gasteiger partial charge in [-0.1, -0.05) is 30.3 Å². The number of benzene rings is 1. The van der Waals surface area contributed by atoms with E-state index in [0.29, 0.717) is 6.61 Å². The van der Waals surface area contributed by atoms with E-state index in [0.717, 1.165) is 17.1 Å². The molecule has 0 amide bonds. The van der Waals surface area contributed by atoms with Crippen LogP contribution in [0.1, 0.15) is 18.4 Å². The Bertz CT molecular complexity index is 608. The summed E-state index contributed by atoms with van der Waals surface area (Å²) in [6.07, 6.45) is -0.251. The normalized spacial score (nSPS) is 18.0. The molecule has 0 spiro atoms. The highest BCUT2D eigenvalue weighted by molar-refractivity contribution is 7.08. The molecule has 5 heteroatoms. The first-order valence-corrected chi connectivity index (χ1v) is 7.75. The Labute approximate surface area is 127 Å². The molecule has 0 aliphatic carbocycles. The van der Waals surface area contributed by atoms with E-state index in [9.17, 15) is 4.79 Å². The number of fused-ring (bicyclic) bond motifs is 1. The van der Waals surface area contributed by atoms with Gasteiger partial charge in [0.05, 0.1) is 5.92 Å². The van der Waals surface area contributed by atoms with Crippen LogP contribution in [0.15, 0.2) is 41.1 Å². The second-order valence-electron chi connectivity index (χ2n) is 4.91. The van der Waals surface area contributed by atoms with E-state index in [-0.39, 0.29) is 24.6 Å². The SMILES string of the molecule is C[C@@H](C(=O)OCC1COc2cscc2O1)c1ccccc1. The van der Waals surface area contributed by atoms with E-state index in [1.165, 1.54) is 11.3 Å². The van der Waals surface area contributed by atoms with Gasteiger partial charge in [-0.05, 0) is 12.5 Å². The fourth-order valence-corrected chi connectivity index (χ4v) is 2.79. The van der Waals surface area contributed by atoms with Gasteiger partial charge in [0.15, 0.2) is 17.6 Å². The molecular formula is C16H16O4S. The molecule has 0 N–H and O–H groups in total. The van der Waals surface area contributed by atoms with Gasteiger partial charge in [0, 0.05) is 10.8 Å². The van der Waals surface area contributed by atoms with Crippen molar-refractivity contribution in [2.75, 3.05) is 13.2 Å². The molecule has 110 valence electrons. The van der Waals surface area contributed by atoms with Crippen molar-refractivity contribution < 1.29 is 19.0 Å². The van der Waals surface area contributed by atoms with E-state index < -0.39 is 0 Å². The van der Waals surface area contributed by atoms with Gasteiger partial charge in [-0.2, -0.15) is 0 Å². The number of thiophene rings is 1. The van der Waals surface area contributed by atoms with Crippen molar-refractivity contribution in [1.29, 1.82) is 0 Å². The summed E-state index contributed by atoms with van der Waals surface area (Å²) in [4.78, 5) is 12.1. The molecule has 1 aliphatic heterocycles. The second kappa shape index (κ2) is 6.18. The number of carbonyl (C=O) groups is 1. The van der Waals surface area contributed by atoms with Crippen molar-refractivity contribution in [3.05, 3.63) is 46.7 Å². The van der Waals surface area contributed by atoms with Crippen LogP contribution < -0.4 is 9.47 Å². The van der Waals surface area contributed by atoms with Crippen molar-refractivity contribution in [1.82, 2.24) is 0 Å².